The van der Waals surface area contributed by atoms with Crippen LogP contribution in [0.5, 0.6) is 0 Å². The van der Waals surface area contributed by atoms with Crippen LogP contribution < -0.4 is 0 Å². The quantitative estimate of drug-likeness (QED) is 0.392. The summed E-state index contributed by atoms with van der Waals surface area (Å²) < 4.78 is 18.3. The lowest BCUT2D eigenvalue weighted by Gasteiger charge is -2.69. The molecule has 10 atom stereocenters. The van der Waals surface area contributed by atoms with E-state index in [2.05, 4.69) is 0 Å². The van der Waals surface area contributed by atoms with Gasteiger partial charge in [-0.05, 0) is 31.4 Å². The lowest BCUT2D eigenvalue weighted by Crippen LogP contribution is -2.81. The highest BCUT2D eigenvalue weighted by molar-refractivity contribution is 5.89. The first-order chi connectivity index (χ1) is 18.1. The standard InChI is InChI=1S/C31H42O8/c1-16-14-31(36)26(38-27(35)20-11-9-8-10-12-20)24-29(7,25(34)18(3)23(17(16)2)28(31,5)6)21(33)13-22-30(24,15-37-22)39-19(4)32/h8-12,16,18,21-22,24-26,33-34,36H,13-15H2,1-7H3/t16-,18+,21-,22+,24-,25-,26-,29+,30-,31+/m0/s1. The number of carbonyl (C=O) groups excluding carboxylic acids is 2. The number of benzene rings is 1. The van der Waals surface area contributed by atoms with E-state index < -0.39 is 70.2 Å². The van der Waals surface area contributed by atoms with Gasteiger partial charge in [-0.2, -0.15) is 0 Å². The minimum atomic E-state index is -1.61. The zero-order valence-corrected chi connectivity index (χ0v) is 23.9. The van der Waals surface area contributed by atoms with Crippen LogP contribution in [0.4, 0.5) is 0 Å². The Hall–Kier alpha value is -2.26. The fourth-order valence-electron chi connectivity index (χ4n) is 8.67. The molecule has 2 saturated carbocycles. The van der Waals surface area contributed by atoms with Crippen molar-refractivity contribution in [2.75, 3.05) is 6.61 Å². The fourth-order valence-corrected chi connectivity index (χ4v) is 8.67. The number of ether oxygens (including phenoxy) is 3. The summed E-state index contributed by atoms with van der Waals surface area (Å²) in [6, 6.07) is 8.54. The Morgan fingerprint density at radius 2 is 1.72 bits per heavy atom. The molecule has 3 aliphatic carbocycles. The molecule has 39 heavy (non-hydrogen) atoms. The molecule has 4 aliphatic rings. The van der Waals surface area contributed by atoms with Crippen molar-refractivity contribution in [3.63, 3.8) is 0 Å². The van der Waals surface area contributed by atoms with Crippen molar-refractivity contribution in [2.24, 2.45) is 28.6 Å². The average Bonchev–Trinajstić information content (AvgIpc) is 2.87. The molecule has 214 valence electrons. The zero-order chi connectivity index (χ0) is 28.7. The van der Waals surface area contributed by atoms with Gasteiger partial charge in [-0.15, -0.1) is 0 Å². The summed E-state index contributed by atoms with van der Waals surface area (Å²) in [6.07, 6.45) is -3.65. The second-order valence-electron chi connectivity index (χ2n) is 13.1. The first-order valence-electron chi connectivity index (χ1n) is 14.0. The zero-order valence-electron chi connectivity index (χ0n) is 23.9. The Labute approximate surface area is 230 Å². The lowest BCUT2D eigenvalue weighted by atomic mass is 9.43. The first kappa shape index (κ1) is 28.3. The minimum absolute atomic E-state index is 0.0124. The van der Waals surface area contributed by atoms with Crippen LogP contribution in [-0.2, 0) is 19.0 Å². The van der Waals surface area contributed by atoms with Crippen molar-refractivity contribution in [2.45, 2.75) is 96.9 Å². The maximum atomic E-state index is 13.7. The number of allylic oxidation sites excluding steroid dienone is 1. The van der Waals surface area contributed by atoms with Crippen molar-refractivity contribution in [1.82, 2.24) is 0 Å². The second-order valence-corrected chi connectivity index (χ2v) is 13.1. The van der Waals surface area contributed by atoms with E-state index in [1.165, 1.54) is 6.92 Å². The molecule has 0 spiro atoms. The number of esters is 2. The van der Waals surface area contributed by atoms with Crippen molar-refractivity contribution in [3.05, 3.63) is 47.0 Å². The van der Waals surface area contributed by atoms with Gasteiger partial charge in [0.15, 0.2) is 5.60 Å². The molecule has 0 radical (unpaired) electrons. The molecule has 1 saturated heterocycles. The van der Waals surface area contributed by atoms with E-state index in [-0.39, 0.29) is 25.4 Å². The van der Waals surface area contributed by atoms with Gasteiger partial charge in [0.05, 0.1) is 30.3 Å². The van der Waals surface area contributed by atoms with Crippen LogP contribution in [0.2, 0.25) is 0 Å². The molecule has 0 unspecified atom stereocenters. The van der Waals surface area contributed by atoms with Crippen molar-refractivity contribution in [3.8, 4) is 0 Å². The van der Waals surface area contributed by atoms with Crippen LogP contribution in [0.25, 0.3) is 0 Å². The SMILES string of the molecule is CC(=O)O[C@@]12CO[C@@H]1C[C@H](O)[C@]1(C)[C@@H]2[C@H](OC(=O)c2ccccc2)[C@]2(O)C[C@H](C)C(C)=C([C@@H](C)[C@@H]1O)C2(C)C. The number of hydrogen-bond donors (Lipinski definition) is 3. The number of rotatable bonds is 3. The van der Waals surface area contributed by atoms with Crippen molar-refractivity contribution < 1.29 is 39.1 Å². The Balaban J connectivity index is 1.80. The Kier molecular flexibility index (Phi) is 6.62. The summed E-state index contributed by atoms with van der Waals surface area (Å²) in [7, 11) is 0. The molecule has 2 bridgehead atoms. The predicted octanol–water partition coefficient (Wildman–Crippen LogP) is 3.42. The molecule has 1 heterocycles. The van der Waals surface area contributed by atoms with Crippen LogP contribution in [0, 0.1) is 28.6 Å². The lowest BCUT2D eigenvalue weighted by molar-refractivity contribution is -0.363. The van der Waals surface area contributed by atoms with Gasteiger partial charge in [0.1, 0.15) is 17.8 Å². The van der Waals surface area contributed by atoms with Crippen molar-refractivity contribution >= 4 is 11.9 Å². The van der Waals surface area contributed by atoms with Crippen molar-refractivity contribution in [1.29, 1.82) is 0 Å². The van der Waals surface area contributed by atoms with Gasteiger partial charge >= 0.3 is 11.9 Å². The largest absolute Gasteiger partial charge is 0.455 e. The summed E-state index contributed by atoms with van der Waals surface area (Å²) in [5.41, 5.74) is -2.86. The summed E-state index contributed by atoms with van der Waals surface area (Å²) in [5, 5.41) is 36.8. The summed E-state index contributed by atoms with van der Waals surface area (Å²) in [5.74, 6) is -2.64. The van der Waals surface area contributed by atoms with Gasteiger partial charge < -0.3 is 29.5 Å². The Bertz CT molecular complexity index is 1190. The monoisotopic (exact) mass is 542 g/mol. The summed E-state index contributed by atoms with van der Waals surface area (Å²) >= 11 is 0. The molecule has 1 aromatic rings. The molecule has 1 aromatic carbocycles. The van der Waals surface area contributed by atoms with Crippen LogP contribution >= 0.6 is 0 Å². The van der Waals surface area contributed by atoms with Crippen LogP contribution in [0.1, 0.15) is 71.7 Å². The maximum Gasteiger partial charge on any atom is 0.338 e. The molecule has 1 aliphatic heterocycles. The van der Waals surface area contributed by atoms with Gasteiger partial charge in [-0.1, -0.05) is 64.0 Å². The molecule has 0 aromatic heterocycles. The third kappa shape index (κ3) is 3.71. The average molecular weight is 543 g/mol. The molecule has 3 N–H and O–H groups in total. The fraction of sp³-hybridized carbons (Fsp3) is 0.677. The number of fused-ring (bicyclic) bond motifs is 5. The number of hydrogen-bond acceptors (Lipinski definition) is 8. The first-order valence-corrected chi connectivity index (χ1v) is 14.0. The molecule has 0 amide bonds. The van der Waals surface area contributed by atoms with E-state index in [1.807, 2.05) is 34.6 Å². The summed E-state index contributed by atoms with van der Waals surface area (Å²) in [4.78, 5) is 26.2. The van der Waals surface area contributed by atoms with Gasteiger partial charge in [-0.25, -0.2) is 4.79 Å². The molecular weight excluding hydrogens is 500 g/mol. The van der Waals surface area contributed by atoms with E-state index in [0.29, 0.717) is 5.56 Å². The smallest absolute Gasteiger partial charge is 0.338 e. The maximum absolute atomic E-state index is 13.7. The van der Waals surface area contributed by atoms with Crippen LogP contribution in [0.3, 0.4) is 0 Å². The van der Waals surface area contributed by atoms with E-state index in [1.54, 1.807) is 37.3 Å². The highest BCUT2D eigenvalue weighted by Gasteiger charge is 2.77. The summed E-state index contributed by atoms with van der Waals surface area (Å²) in [6.45, 7) is 12.9. The highest BCUT2D eigenvalue weighted by atomic mass is 16.6. The highest BCUT2D eigenvalue weighted by Crippen LogP contribution is 2.66. The van der Waals surface area contributed by atoms with E-state index in [4.69, 9.17) is 14.2 Å². The van der Waals surface area contributed by atoms with E-state index in [0.717, 1.165) is 11.1 Å². The number of carbonyl (C=O) groups is 2. The second kappa shape index (κ2) is 9.13. The molecule has 5 rings (SSSR count). The Morgan fingerprint density at radius 3 is 2.28 bits per heavy atom. The third-order valence-corrected chi connectivity index (χ3v) is 10.9. The molecule has 8 nitrogen and oxygen atoms in total. The minimum Gasteiger partial charge on any atom is -0.455 e. The van der Waals surface area contributed by atoms with Gasteiger partial charge in [0, 0.05) is 30.1 Å². The normalized spacial score (nSPS) is 44.6. The van der Waals surface area contributed by atoms with Crippen LogP contribution in [0.15, 0.2) is 41.5 Å². The van der Waals surface area contributed by atoms with E-state index >= 15 is 0 Å². The molecule has 8 heteroatoms. The molecule has 3 fully saturated rings. The van der Waals surface area contributed by atoms with Crippen LogP contribution in [-0.4, -0.2) is 69.5 Å². The third-order valence-electron chi connectivity index (χ3n) is 10.9. The topological polar surface area (TPSA) is 123 Å². The Morgan fingerprint density at radius 1 is 1.08 bits per heavy atom. The van der Waals surface area contributed by atoms with Gasteiger partial charge in [0.25, 0.3) is 0 Å². The molecular formula is C31H42O8. The van der Waals surface area contributed by atoms with E-state index in [9.17, 15) is 24.9 Å². The number of aliphatic hydroxyl groups excluding tert-OH is 2. The predicted molar refractivity (Wildman–Crippen MR) is 142 cm³/mol. The van der Waals surface area contributed by atoms with Gasteiger partial charge in [0.2, 0.25) is 0 Å². The number of aliphatic hydroxyl groups is 3. The van der Waals surface area contributed by atoms with Gasteiger partial charge in [-0.3, -0.25) is 4.79 Å².